The molecule has 0 radical (unpaired) electrons. The van der Waals surface area contributed by atoms with Gasteiger partial charge in [0, 0.05) is 22.4 Å². The molecule has 6 heteroatoms. The Labute approximate surface area is 150 Å². The van der Waals surface area contributed by atoms with Gasteiger partial charge in [0.1, 0.15) is 5.01 Å². The summed E-state index contributed by atoms with van der Waals surface area (Å²) in [5.41, 5.74) is 6.39. The van der Waals surface area contributed by atoms with Crippen LogP contribution in [0.2, 0.25) is 0 Å². The first kappa shape index (κ1) is 16.9. The fourth-order valence-corrected chi connectivity index (χ4v) is 2.95. The molecule has 25 heavy (non-hydrogen) atoms. The van der Waals surface area contributed by atoms with Crippen LogP contribution >= 0.6 is 11.3 Å². The number of anilines is 2. The van der Waals surface area contributed by atoms with Gasteiger partial charge in [0.15, 0.2) is 0 Å². The molecule has 1 aromatic heterocycles. The van der Waals surface area contributed by atoms with Gasteiger partial charge in [-0.2, -0.15) is 5.10 Å². The fraction of sp³-hybridized carbons (Fsp3) is 0.105. The first-order valence-electron chi connectivity index (χ1n) is 7.84. The lowest BCUT2D eigenvalue weighted by atomic mass is 10.2. The predicted molar refractivity (Wildman–Crippen MR) is 102 cm³/mol. The van der Waals surface area contributed by atoms with Crippen LogP contribution in [0.25, 0.3) is 0 Å². The molecule has 5 nitrogen and oxygen atoms in total. The third-order valence-electron chi connectivity index (χ3n) is 3.35. The summed E-state index contributed by atoms with van der Waals surface area (Å²) in [5.74, 6) is -0.173. The zero-order chi connectivity index (χ0) is 17.5. The van der Waals surface area contributed by atoms with Crippen molar-refractivity contribution in [3.05, 3.63) is 76.2 Å². The highest BCUT2D eigenvalue weighted by Crippen LogP contribution is 2.16. The maximum absolute atomic E-state index is 11.8. The van der Waals surface area contributed by atoms with Gasteiger partial charge in [-0.05, 0) is 36.8 Å². The van der Waals surface area contributed by atoms with E-state index >= 15 is 0 Å². The molecule has 0 aliphatic heterocycles. The number of aromatic nitrogens is 1. The quantitative estimate of drug-likeness (QED) is 0.523. The summed E-state index contributed by atoms with van der Waals surface area (Å²) in [6.45, 7) is 1.91. The average molecular weight is 350 g/mol. The normalized spacial score (nSPS) is 10.8. The lowest BCUT2D eigenvalue weighted by molar-refractivity contribution is -0.120. The van der Waals surface area contributed by atoms with Crippen molar-refractivity contribution in [3.8, 4) is 0 Å². The van der Waals surface area contributed by atoms with E-state index in [1.165, 1.54) is 11.3 Å². The maximum atomic E-state index is 11.8. The van der Waals surface area contributed by atoms with E-state index in [0.717, 1.165) is 27.6 Å². The molecular weight excluding hydrogens is 332 g/mol. The van der Waals surface area contributed by atoms with Crippen molar-refractivity contribution >= 4 is 34.8 Å². The van der Waals surface area contributed by atoms with Gasteiger partial charge in [0.25, 0.3) is 0 Å². The molecule has 0 bridgehead atoms. The zero-order valence-corrected chi connectivity index (χ0v) is 14.6. The van der Waals surface area contributed by atoms with Gasteiger partial charge in [-0.3, -0.25) is 4.79 Å². The molecule has 0 fully saturated rings. The molecule has 126 valence electrons. The minimum absolute atomic E-state index is 0.173. The topological polar surface area (TPSA) is 66.4 Å². The standard InChI is InChI=1S/C19H18N4OS/c1-14-13-25-19(21-14)11-18(24)23-20-12-15-7-9-17(10-8-15)22-16-5-3-2-4-6-16/h2-10,12-13,22H,11H2,1H3,(H,23,24)/b20-12-. The van der Waals surface area contributed by atoms with Crippen LogP contribution in [0.5, 0.6) is 0 Å². The molecule has 0 saturated carbocycles. The molecule has 0 aliphatic rings. The third kappa shape index (κ3) is 5.26. The maximum Gasteiger partial charge on any atom is 0.246 e. The van der Waals surface area contributed by atoms with E-state index in [1.54, 1.807) is 6.21 Å². The van der Waals surface area contributed by atoms with Crippen molar-refractivity contribution < 1.29 is 4.79 Å². The number of rotatable bonds is 6. The number of hydrogen-bond donors (Lipinski definition) is 2. The van der Waals surface area contributed by atoms with Crippen molar-refractivity contribution in [1.29, 1.82) is 0 Å². The van der Waals surface area contributed by atoms with Crippen molar-refractivity contribution in [2.75, 3.05) is 5.32 Å². The number of hydrogen-bond acceptors (Lipinski definition) is 5. The van der Waals surface area contributed by atoms with Crippen LogP contribution < -0.4 is 10.7 Å². The van der Waals surface area contributed by atoms with E-state index in [2.05, 4.69) is 20.8 Å². The second kappa shape index (κ2) is 8.21. The molecule has 0 unspecified atom stereocenters. The van der Waals surface area contributed by atoms with Crippen molar-refractivity contribution in [2.24, 2.45) is 5.10 Å². The van der Waals surface area contributed by atoms with Crippen molar-refractivity contribution in [2.45, 2.75) is 13.3 Å². The lowest BCUT2D eigenvalue weighted by Crippen LogP contribution is -2.19. The van der Waals surface area contributed by atoms with Gasteiger partial charge in [-0.1, -0.05) is 30.3 Å². The average Bonchev–Trinajstić information content (AvgIpc) is 3.02. The monoisotopic (exact) mass is 350 g/mol. The van der Waals surface area contributed by atoms with Crippen LogP contribution in [0.15, 0.2) is 65.1 Å². The zero-order valence-electron chi connectivity index (χ0n) is 13.8. The lowest BCUT2D eigenvalue weighted by Gasteiger charge is -2.06. The number of thiazole rings is 1. The van der Waals surface area contributed by atoms with E-state index in [9.17, 15) is 4.79 Å². The van der Waals surface area contributed by atoms with Gasteiger partial charge in [0.2, 0.25) is 5.91 Å². The summed E-state index contributed by atoms with van der Waals surface area (Å²) in [4.78, 5) is 16.1. The number of nitrogens with one attached hydrogen (secondary N) is 2. The number of benzene rings is 2. The molecule has 1 amide bonds. The Bertz CT molecular complexity index is 857. The number of para-hydroxylation sites is 1. The minimum atomic E-state index is -0.173. The van der Waals surface area contributed by atoms with E-state index in [1.807, 2.05) is 66.9 Å². The highest BCUT2D eigenvalue weighted by Gasteiger charge is 2.05. The van der Waals surface area contributed by atoms with Gasteiger partial charge in [-0.15, -0.1) is 11.3 Å². The van der Waals surface area contributed by atoms with Gasteiger partial charge < -0.3 is 5.32 Å². The minimum Gasteiger partial charge on any atom is -0.356 e. The summed E-state index contributed by atoms with van der Waals surface area (Å²) in [6.07, 6.45) is 1.87. The Hall–Kier alpha value is -2.99. The first-order chi connectivity index (χ1) is 12.2. The van der Waals surface area contributed by atoms with E-state index in [-0.39, 0.29) is 12.3 Å². The van der Waals surface area contributed by atoms with Crippen LogP contribution in [0.1, 0.15) is 16.3 Å². The predicted octanol–water partition coefficient (Wildman–Crippen LogP) is 3.89. The molecule has 2 aromatic carbocycles. The van der Waals surface area contributed by atoms with Crippen LogP contribution in [0.3, 0.4) is 0 Å². The van der Waals surface area contributed by atoms with E-state index < -0.39 is 0 Å². The van der Waals surface area contributed by atoms with Gasteiger partial charge in [0.05, 0.1) is 12.6 Å². The Balaban J connectivity index is 1.50. The third-order valence-corrected chi connectivity index (χ3v) is 4.32. The smallest absolute Gasteiger partial charge is 0.246 e. The number of nitrogens with zero attached hydrogens (tertiary/aromatic N) is 2. The molecule has 0 atom stereocenters. The Morgan fingerprint density at radius 3 is 2.52 bits per heavy atom. The number of aryl methyl sites for hydroxylation is 1. The van der Waals surface area contributed by atoms with E-state index in [0.29, 0.717) is 0 Å². The molecule has 3 aromatic rings. The molecule has 0 spiro atoms. The summed E-state index contributed by atoms with van der Waals surface area (Å²) in [6, 6.07) is 17.8. The molecule has 0 aliphatic carbocycles. The van der Waals surface area contributed by atoms with Crippen LogP contribution in [0.4, 0.5) is 11.4 Å². The largest absolute Gasteiger partial charge is 0.356 e. The number of amides is 1. The van der Waals surface area contributed by atoms with Gasteiger partial charge >= 0.3 is 0 Å². The second-order valence-corrected chi connectivity index (χ2v) is 6.41. The SMILES string of the molecule is Cc1csc(CC(=O)N/N=C\c2ccc(Nc3ccccc3)cc2)n1. The highest BCUT2D eigenvalue weighted by molar-refractivity contribution is 7.09. The Morgan fingerprint density at radius 2 is 1.84 bits per heavy atom. The summed E-state index contributed by atoms with van der Waals surface area (Å²) < 4.78 is 0. The van der Waals surface area contributed by atoms with Crippen molar-refractivity contribution in [3.63, 3.8) is 0 Å². The van der Waals surface area contributed by atoms with Gasteiger partial charge in [-0.25, -0.2) is 10.4 Å². The fourth-order valence-electron chi connectivity index (χ4n) is 2.18. The van der Waals surface area contributed by atoms with Crippen molar-refractivity contribution in [1.82, 2.24) is 10.4 Å². The summed E-state index contributed by atoms with van der Waals surface area (Å²) in [5, 5.41) is 10.0. The van der Waals surface area contributed by atoms with Crippen LogP contribution in [0, 0.1) is 6.92 Å². The number of hydrazone groups is 1. The Kier molecular flexibility index (Phi) is 5.53. The van der Waals surface area contributed by atoms with Crippen LogP contribution in [-0.2, 0) is 11.2 Å². The molecule has 1 heterocycles. The highest BCUT2D eigenvalue weighted by atomic mass is 32.1. The van der Waals surface area contributed by atoms with Crippen LogP contribution in [-0.4, -0.2) is 17.1 Å². The molecule has 3 rings (SSSR count). The summed E-state index contributed by atoms with van der Waals surface area (Å²) in [7, 11) is 0. The second-order valence-electron chi connectivity index (χ2n) is 5.47. The molecule has 2 N–H and O–H groups in total. The number of carbonyl (C=O) groups is 1. The first-order valence-corrected chi connectivity index (χ1v) is 8.72. The number of carbonyl (C=O) groups excluding carboxylic acids is 1. The summed E-state index contributed by atoms with van der Waals surface area (Å²) >= 11 is 1.48. The van der Waals surface area contributed by atoms with E-state index in [4.69, 9.17) is 0 Å². The Morgan fingerprint density at radius 1 is 1.12 bits per heavy atom. The molecular formula is C19H18N4OS. The molecule has 0 saturated heterocycles.